The van der Waals surface area contributed by atoms with E-state index in [0.29, 0.717) is 6.41 Å². The maximum Gasteiger partial charge on any atom is 0.326 e. The molecule has 0 saturated heterocycles. The lowest BCUT2D eigenvalue weighted by molar-refractivity contribution is -0.147. The molecule has 0 unspecified atom stereocenters. The summed E-state index contributed by atoms with van der Waals surface area (Å²) in [6.07, 6.45) is 5.95. The van der Waals surface area contributed by atoms with Crippen LogP contribution in [0, 0.1) is 0 Å². The molecule has 0 heterocycles. The standard InChI is InChI=1S/C10H17NO3/c1-8(10(13)14)11(7-12)9-5-3-2-4-6-9/h7-9H,2-6H2,1H3,(H,13,14)/t8-/m0/s1. The molecule has 1 aliphatic rings. The Morgan fingerprint density at radius 2 is 2.00 bits per heavy atom. The highest BCUT2D eigenvalue weighted by atomic mass is 16.4. The monoisotopic (exact) mass is 199 g/mol. The van der Waals surface area contributed by atoms with Crippen LogP contribution in [0.1, 0.15) is 39.0 Å². The summed E-state index contributed by atoms with van der Waals surface area (Å²) in [6, 6.07) is -0.567. The van der Waals surface area contributed by atoms with Crippen LogP contribution in [0.3, 0.4) is 0 Å². The van der Waals surface area contributed by atoms with Crippen molar-refractivity contribution in [3.05, 3.63) is 0 Å². The number of amides is 1. The first kappa shape index (κ1) is 11.0. The molecule has 1 fully saturated rings. The number of rotatable bonds is 4. The van der Waals surface area contributed by atoms with Crippen LogP contribution in [0.5, 0.6) is 0 Å². The van der Waals surface area contributed by atoms with Crippen LogP contribution >= 0.6 is 0 Å². The van der Waals surface area contributed by atoms with Crippen molar-refractivity contribution in [1.82, 2.24) is 4.90 Å². The Kier molecular flexibility index (Phi) is 3.92. The zero-order valence-electron chi connectivity index (χ0n) is 8.48. The van der Waals surface area contributed by atoms with Gasteiger partial charge in [-0.05, 0) is 19.8 Å². The average molecular weight is 199 g/mol. The molecule has 4 heteroatoms. The van der Waals surface area contributed by atoms with E-state index in [1.165, 1.54) is 11.3 Å². The molecule has 1 N–H and O–H groups in total. The second kappa shape index (κ2) is 4.98. The number of hydrogen-bond acceptors (Lipinski definition) is 2. The van der Waals surface area contributed by atoms with Crippen molar-refractivity contribution in [3.63, 3.8) is 0 Å². The van der Waals surface area contributed by atoms with Crippen molar-refractivity contribution in [3.8, 4) is 0 Å². The summed E-state index contributed by atoms with van der Waals surface area (Å²) in [5.74, 6) is -0.928. The fraction of sp³-hybridized carbons (Fsp3) is 0.800. The third kappa shape index (κ3) is 2.47. The van der Waals surface area contributed by atoms with Crippen molar-refractivity contribution in [2.24, 2.45) is 0 Å². The number of hydrogen-bond donors (Lipinski definition) is 1. The van der Waals surface area contributed by atoms with E-state index in [0.717, 1.165) is 25.7 Å². The summed E-state index contributed by atoms with van der Waals surface area (Å²) in [5, 5.41) is 8.81. The van der Waals surface area contributed by atoms with Crippen molar-refractivity contribution < 1.29 is 14.7 Å². The fourth-order valence-electron chi connectivity index (χ4n) is 2.00. The third-order valence-electron chi connectivity index (χ3n) is 2.92. The van der Waals surface area contributed by atoms with E-state index in [9.17, 15) is 9.59 Å². The van der Waals surface area contributed by atoms with Gasteiger partial charge in [-0.1, -0.05) is 19.3 Å². The van der Waals surface area contributed by atoms with Crippen LogP contribution in [0.2, 0.25) is 0 Å². The molecule has 1 rings (SSSR count). The van der Waals surface area contributed by atoms with Crippen LogP contribution in [0.15, 0.2) is 0 Å². The molecule has 1 saturated carbocycles. The van der Waals surface area contributed by atoms with Gasteiger partial charge >= 0.3 is 5.97 Å². The largest absolute Gasteiger partial charge is 0.480 e. The summed E-state index contributed by atoms with van der Waals surface area (Å²) in [7, 11) is 0. The van der Waals surface area contributed by atoms with E-state index in [1.54, 1.807) is 6.92 Å². The normalized spacial score (nSPS) is 20.1. The van der Waals surface area contributed by atoms with Gasteiger partial charge in [-0.25, -0.2) is 4.79 Å². The zero-order valence-corrected chi connectivity index (χ0v) is 8.48. The smallest absolute Gasteiger partial charge is 0.326 e. The quantitative estimate of drug-likeness (QED) is 0.693. The zero-order chi connectivity index (χ0) is 10.6. The van der Waals surface area contributed by atoms with E-state index in [-0.39, 0.29) is 6.04 Å². The minimum Gasteiger partial charge on any atom is -0.480 e. The molecule has 0 aromatic heterocycles. The highest BCUT2D eigenvalue weighted by molar-refractivity contribution is 5.75. The lowest BCUT2D eigenvalue weighted by Gasteiger charge is -2.33. The Hall–Kier alpha value is -1.06. The van der Waals surface area contributed by atoms with E-state index in [1.807, 2.05) is 0 Å². The highest BCUT2D eigenvalue weighted by Crippen LogP contribution is 2.23. The van der Waals surface area contributed by atoms with Gasteiger partial charge in [-0.3, -0.25) is 4.79 Å². The molecule has 80 valence electrons. The van der Waals surface area contributed by atoms with Gasteiger partial charge in [-0.15, -0.1) is 0 Å². The second-order valence-corrected chi connectivity index (χ2v) is 3.86. The molecule has 1 amide bonds. The molecule has 0 aromatic rings. The summed E-state index contributed by atoms with van der Waals surface area (Å²) >= 11 is 0. The second-order valence-electron chi connectivity index (χ2n) is 3.86. The van der Waals surface area contributed by atoms with Crippen molar-refractivity contribution in [2.45, 2.75) is 51.1 Å². The summed E-state index contributed by atoms with van der Waals surface area (Å²) < 4.78 is 0. The Morgan fingerprint density at radius 1 is 1.43 bits per heavy atom. The van der Waals surface area contributed by atoms with Crippen molar-refractivity contribution >= 4 is 12.4 Å². The van der Waals surface area contributed by atoms with Gasteiger partial charge in [-0.2, -0.15) is 0 Å². The van der Waals surface area contributed by atoms with E-state index >= 15 is 0 Å². The molecule has 0 spiro atoms. The molecule has 0 radical (unpaired) electrons. The van der Waals surface area contributed by atoms with Gasteiger partial charge in [0.2, 0.25) is 6.41 Å². The van der Waals surface area contributed by atoms with Crippen LogP contribution < -0.4 is 0 Å². The number of carbonyl (C=O) groups excluding carboxylic acids is 1. The Bertz CT molecular complexity index is 211. The van der Waals surface area contributed by atoms with Crippen LogP contribution in [-0.2, 0) is 9.59 Å². The van der Waals surface area contributed by atoms with Crippen molar-refractivity contribution in [2.75, 3.05) is 0 Å². The van der Waals surface area contributed by atoms with Crippen LogP contribution in [0.25, 0.3) is 0 Å². The summed E-state index contributed by atoms with van der Waals surface area (Å²) in [5.41, 5.74) is 0. The van der Waals surface area contributed by atoms with Crippen LogP contribution in [-0.4, -0.2) is 34.5 Å². The SMILES string of the molecule is C[C@@H](C(=O)O)N(C=O)C1CCCCC1. The van der Waals surface area contributed by atoms with Gasteiger partial charge in [0.25, 0.3) is 0 Å². The van der Waals surface area contributed by atoms with Gasteiger partial charge in [0.1, 0.15) is 6.04 Å². The molecular formula is C10H17NO3. The van der Waals surface area contributed by atoms with E-state index in [2.05, 4.69) is 0 Å². The molecule has 1 atom stereocenters. The minimum absolute atomic E-state index is 0.132. The highest BCUT2D eigenvalue weighted by Gasteiger charge is 2.27. The third-order valence-corrected chi connectivity index (χ3v) is 2.92. The number of carboxylic acids is 1. The Morgan fingerprint density at radius 3 is 2.43 bits per heavy atom. The number of carboxylic acid groups (broad SMARTS) is 1. The first-order chi connectivity index (χ1) is 6.66. The first-order valence-electron chi connectivity index (χ1n) is 5.12. The van der Waals surface area contributed by atoms with Crippen LogP contribution in [0.4, 0.5) is 0 Å². The molecule has 14 heavy (non-hydrogen) atoms. The predicted molar refractivity (Wildman–Crippen MR) is 51.9 cm³/mol. The summed E-state index contributed by atoms with van der Waals surface area (Å²) in [6.45, 7) is 1.56. The average Bonchev–Trinajstić information content (AvgIpc) is 2.20. The number of carbonyl (C=O) groups is 2. The van der Waals surface area contributed by atoms with E-state index in [4.69, 9.17) is 5.11 Å². The lowest BCUT2D eigenvalue weighted by Crippen LogP contribution is -2.45. The summed E-state index contributed by atoms with van der Waals surface area (Å²) in [4.78, 5) is 23.0. The van der Waals surface area contributed by atoms with Crippen molar-refractivity contribution in [1.29, 1.82) is 0 Å². The molecular weight excluding hydrogens is 182 g/mol. The first-order valence-corrected chi connectivity index (χ1v) is 5.12. The predicted octanol–water partition coefficient (Wildman–Crippen LogP) is 1.25. The maximum atomic E-state index is 10.8. The number of aliphatic carboxylic acids is 1. The van der Waals surface area contributed by atoms with Gasteiger partial charge < -0.3 is 10.0 Å². The molecule has 4 nitrogen and oxygen atoms in total. The molecule has 0 bridgehead atoms. The number of nitrogens with zero attached hydrogens (tertiary/aromatic N) is 1. The molecule has 0 aromatic carbocycles. The lowest BCUT2D eigenvalue weighted by atomic mass is 9.93. The molecule has 0 aliphatic heterocycles. The van der Waals surface area contributed by atoms with Gasteiger partial charge in [0.15, 0.2) is 0 Å². The minimum atomic E-state index is -0.928. The topological polar surface area (TPSA) is 57.6 Å². The van der Waals surface area contributed by atoms with E-state index < -0.39 is 12.0 Å². The fourth-order valence-corrected chi connectivity index (χ4v) is 2.00. The maximum absolute atomic E-state index is 10.8. The van der Waals surface area contributed by atoms with Gasteiger partial charge in [0.05, 0.1) is 0 Å². The van der Waals surface area contributed by atoms with Gasteiger partial charge in [0, 0.05) is 6.04 Å². The Labute approximate surface area is 83.9 Å². The molecule has 1 aliphatic carbocycles. The Balaban J connectivity index is 2.59.